The molecule has 0 aromatic carbocycles. The molecule has 36 heavy (non-hydrogen) atoms. The summed E-state index contributed by atoms with van der Waals surface area (Å²) in [6, 6.07) is -0.569. The summed E-state index contributed by atoms with van der Waals surface area (Å²) in [5.41, 5.74) is 0. The maximum atomic E-state index is 10.8. The third kappa shape index (κ3) is 30.4. The van der Waals surface area contributed by atoms with Crippen LogP contribution in [0, 0.1) is 0 Å². The van der Waals surface area contributed by atoms with E-state index < -0.39 is 27.8 Å². The lowest BCUT2D eigenvalue weighted by molar-refractivity contribution is -0.137. The second kappa shape index (κ2) is 26.4. The average Bonchev–Trinajstić information content (AvgIpc) is 2.84. The third-order valence-electron chi connectivity index (χ3n) is 5.85. The Morgan fingerprint density at radius 3 is 1.53 bits per heavy atom. The zero-order valence-corrected chi connectivity index (χ0v) is 23.8. The first-order chi connectivity index (χ1) is 17.2. The van der Waals surface area contributed by atoms with Crippen LogP contribution in [0.2, 0.25) is 0 Å². The monoisotopic (exact) mass is 531 g/mol. The Morgan fingerprint density at radius 1 is 0.778 bits per heavy atom. The molecule has 0 aromatic heterocycles. The lowest BCUT2D eigenvalue weighted by Gasteiger charge is -2.13. The number of amides is 1. The van der Waals surface area contributed by atoms with E-state index in [4.69, 9.17) is 9.29 Å². The maximum Gasteiger partial charge on any atom is 0.330 e. The Morgan fingerprint density at radius 2 is 1.19 bits per heavy atom. The molecule has 8 heteroatoms. The third-order valence-corrected chi connectivity index (χ3v) is 6.67. The molecule has 1 atom stereocenters. The lowest BCUT2D eigenvalue weighted by Crippen LogP contribution is -2.38. The molecule has 0 aliphatic rings. The van der Waals surface area contributed by atoms with Gasteiger partial charge in [0.25, 0.3) is 10.1 Å². The van der Waals surface area contributed by atoms with E-state index >= 15 is 0 Å². The summed E-state index contributed by atoms with van der Waals surface area (Å²) in [5, 5.41) is 2.38. The van der Waals surface area contributed by atoms with Crippen molar-refractivity contribution in [1.29, 1.82) is 0 Å². The van der Waals surface area contributed by atoms with Gasteiger partial charge in [-0.15, -0.1) is 0 Å². The SMILES string of the molecule is C=CC(=O)NC(CC)CS(=O)(=O)O.C=CC(=O)OCCCCCCCCCCCCCCCCCC. The summed E-state index contributed by atoms with van der Waals surface area (Å²) in [5.74, 6) is -1.22. The van der Waals surface area contributed by atoms with E-state index in [0.717, 1.165) is 12.5 Å². The van der Waals surface area contributed by atoms with Crippen LogP contribution in [0.5, 0.6) is 0 Å². The molecule has 0 aliphatic carbocycles. The van der Waals surface area contributed by atoms with Crippen LogP contribution in [0.3, 0.4) is 0 Å². The molecule has 0 bridgehead atoms. The summed E-state index contributed by atoms with van der Waals surface area (Å²) < 4.78 is 34.4. The van der Waals surface area contributed by atoms with Crippen LogP contribution in [0.15, 0.2) is 25.3 Å². The van der Waals surface area contributed by atoms with Gasteiger partial charge in [0, 0.05) is 12.1 Å². The van der Waals surface area contributed by atoms with Gasteiger partial charge in [-0.3, -0.25) is 9.35 Å². The van der Waals surface area contributed by atoms with E-state index in [0.29, 0.717) is 13.0 Å². The Kier molecular flexibility index (Phi) is 26.8. The van der Waals surface area contributed by atoms with Crippen LogP contribution in [0.1, 0.15) is 123 Å². The van der Waals surface area contributed by atoms with Gasteiger partial charge in [0.1, 0.15) is 0 Å². The Balaban J connectivity index is 0. The van der Waals surface area contributed by atoms with E-state index in [1.165, 1.54) is 102 Å². The van der Waals surface area contributed by atoms with Crippen molar-refractivity contribution < 1.29 is 27.3 Å². The summed E-state index contributed by atoms with van der Waals surface area (Å²) in [6.07, 6.45) is 24.5. The Labute approximate surface area is 221 Å². The zero-order valence-electron chi connectivity index (χ0n) is 23.0. The van der Waals surface area contributed by atoms with Gasteiger partial charge in [-0.1, -0.05) is 123 Å². The second-order valence-corrected chi connectivity index (χ2v) is 10.7. The Bertz CT molecular complexity index is 663. The van der Waals surface area contributed by atoms with Crippen LogP contribution >= 0.6 is 0 Å². The number of unbranched alkanes of at least 4 members (excludes halogenated alkanes) is 15. The predicted octanol–water partition coefficient (Wildman–Crippen LogP) is 6.93. The second-order valence-electron chi connectivity index (χ2n) is 9.24. The van der Waals surface area contributed by atoms with Crippen LogP contribution in [-0.4, -0.2) is 43.2 Å². The first-order valence-corrected chi connectivity index (χ1v) is 15.5. The number of esters is 1. The summed E-state index contributed by atoms with van der Waals surface area (Å²) in [7, 11) is -4.04. The van der Waals surface area contributed by atoms with Crippen molar-refractivity contribution in [2.24, 2.45) is 0 Å². The number of hydrogen-bond acceptors (Lipinski definition) is 5. The number of ether oxygens (including phenoxy) is 1. The van der Waals surface area contributed by atoms with E-state index in [-0.39, 0.29) is 5.97 Å². The van der Waals surface area contributed by atoms with Gasteiger partial charge in [-0.2, -0.15) is 8.42 Å². The molecule has 212 valence electrons. The lowest BCUT2D eigenvalue weighted by atomic mass is 10.0. The molecule has 0 rings (SSSR count). The minimum atomic E-state index is -4.04. The molecular formula is C28H53NO6S. The van der Waals surface area contributed by atoms with Crippen molar-refractivity contribution in [2.75, 3.05) is 12.4 Å². The largest absolute Gasteiger partial charge is 0.463 e. The van der Waals surface area contributed by atoms with Crippen LogP contribution in [0.25, 0.3) is 0 Å². The standard InChI is InChI=1S/C21H40O2.C7H13NO4S/c1-3-5-6-7-8-9-10-11-12-13-14-15-16-17-18-19-20-23-21(22)4-2;1-3-6(5-13(10,11)12)8-7(9)4-2/h4H,2-3,5-20H2,1H3;4,6H,2-3,5H2,1H3,(H,8,9)(H,10,11,12). The smallest absolute Gasteiger partial charge is 0.330 e. The quantitative estimate of drug-likeness (QED) is 0.0640. The van der Waals surface area contributed by atoms with Crippen molar-refractivity contribution in [1.82, 2.24) is 5.32 Å². The van der Waals surface area contributed by atoms with E-state index in [1.54, 1.807) is 6.92 Å². The van der Waals surface area contributed by atoms with Crippen LogP contribution in [0.4, 0.5) is 0 Å². The molecule has 0 spiro atoms. The molecule has 0 fully saturated rings. The zero-order chi connectivity index (χ0) is 27.5. The van der Waals surface area contributed by atoms with Crippen molar-refractivity contribution in [3.8, 4) is 0 Å². The van der Waals surface area contributed by atoms with Gasteiger partial charge in [0.15, 0.2) is 0 Å². The minimum Gasteiger partial charge on any atom is -0.463 e. The van der Waals surface area contributed by atoms with E-state index in [2.05, 4.69) is 25.4 Å². The highest BCUT2D eigenvalue weighted by molar-refractivity contribution is 7.85. The van der Waals surface area contributed by atoms with Gasteiger partial charge in [0.2, 0.25) is 5.91 Å². The summed E-state index contributed by atoms with van der Waals surface area (Å²) in [4.78, 5) is 21.6. The molecule has 2 N–H and O–H groups in total. The number of nitrogens with one attached hydrogen (secondary N) is 1. The fourth-order valence-corrected chi connectivity index (χ4v) is 4.49. The van der Waals surface area contributed by atoms with Gasteiger partial charge in [-0.25, -0.2) is 4.79 Å². The molecule has 7 nitrogen and oxygen atoms in total. The minimum absolute atomic E-state index is 0.300. The van der Waals surface area contributed by atoms with Gasteiger partial charge in [-0.05, 0) is 18.9 Å². The highest BCUT2D eigenvalue weighted by atomic mass is 32.2. The molecule has 0 heterocycles. The first kappa shape index (κ1) is 36.5. The number of carbonyl (C=O) groups is 2. The van der Waals surface area contributed by atoms with Gasteiger partial charge in [0.05, 0.1) is 12.4 Å². The molecule has 0 aromatic rings. The first-order valence-electron chi connectivity index (χ1n) is 13.9. The fraction of sp³-hybridized carbons (Fsp3) is 0.786. The van der Waals surface area contributed by atoms with Crippen LogP contribution < -0.4 is 5.32 Å². The molecule has 0 saturated carbocycles. The molecule has 0 radical (unpaired) electrons. The highest BCUT2D eigenvalue weighted by Gasteiger charge is 2.15. The van der Waals surface area contributed by atoms with Gasteiger partial charge < -0.3 is 10.1 Å². The summed E-state index contributed by atoms with van der Waals surface area (Å²) in [6.45, 7) is 11.1. The van der Waals surface area contributed by atoms with Crippen molar-refractivity contribution in [2.45, 2.75) is 129 Å². The number of carbonyl (C=O) groups excluding carboxylic acids is 2. The van der Waals surface area contributed by atoms with Crippen LogP contribution in [-0.2, 0) is 24.4 Å². The summed E-state index contributed by atoms with van der Waals surface area (Å²) >= 11 is 0. The molecular weight excluding hydrogens is 478 g/mol. The predicted molar refractivity (Wildman–Crippen MR) is 150 cm³/mol. The number of hydrogen-bond donors (Lipinski definition) is 2. The van der Waals surface area contributed by atoms with E-state index in [9.17, 15) is 18.0 Å². The number of rotatable bonds is 23. The fourth-order valence-electron chi connectivity index (χ4n) is 3.66. The normalized spacial score (nSPS) is 11.6. The van der Waals surface area contributed by atoms with Gasteiger partial charge >= 0.3 is 5.97 Å². The maximum absolute atomic E-state index is 10.8. The Hall–Kier alpha value is -1.67. The molecule has 1 unspecified atom stereocenters. The average molecular weight is 532 g/mol. The van der Waals surface area contributed by atoms with Crippen molar-refractivity contribution in [3.05, 3.63) is 25.3 Å². The van der Waals surface area contributed by atoms with E-state index in [1.807, 2.05) is 0 Å². The molecule has 1 amide bonds. The van der Waals surface area contributed by atoms with Crippen molar-refractivity contribution in [3.63, 3.8) is 0 Å². The highest BCUT2D eigenvalue weighted by Crippen LogP contribution is 2.13. The topological polar surface area (TPSA) is 110 Å². The molecule has 0 aliphatic heterocycles. The molecule has 0 saturated heterocycles. The van der Waals surface area contributed by atoms with Crippen molar-refractivity contribution >= 4 is 22.0 Å².